The van der Waals surface area contributed by atoms with Crippen molar-refractivity contribution in [2.24, 2.45) is 11.8 Å². The smallest absolute Gasteiger partial charge is 0.318 e. The van der Waals surface area contributed by atoms with Gasteiger partial charge >= 0.3 is 6.03 Å². The number of urea groups is 1. The number of nitrogens with one attached hydrogen (secondary N) is 2. The van der Waals surface area contributed by atoms with Crippen LogP contribution >= 0.6 is 0 Å². The van der Waals surface area contributed by atoms with E-state index in [2.05, 4.69) is 10.6 Å². The molecule has 4 nitrogen and oxygen atoms in total. The Morgan fingerprint density at radius 1 is 1.43 bits per heavy atom. The molecule has 1 aliphatic heterocycles. The van der Waals surface area contributed by atoms with Gasteiger partial charge < -0.3 is 15.5 Å². The third kappa shape index (κ3) is 3.02. The van der Waals surface area contributed by atoms with E-state index in [9.17, 15) is 9.18 Å². The second-order valence-electron chi connectivity index (χ2n) is 6.31. The summed E-state index contributed by atoms with van der Waals surface area (Å²) in [5.41, 5.74) is 0.816. The average Bonchev–Trinajstić information content (AvgIpc) is 2.86. The number of carbonyl (C=O) groups excluding carboxylic acids is 1. The predicted octanol–water partition coefficient (Wildman–Crippen LogP) is 1.96. The Morgan fingerprint density at radius 2 is 2.14 bits per heavy atom. The lowest BCUT2D eigenvalue weighted by Gasteiger charge is -2.27. The van der Waals surface area contributed by atoms with Crippen molar-refractivity contribution in [2.45, 2.75) is 32.5 Å². The first kappa shape index (κ1) is 14.3. The first-order chi connectivity index (χ1) is 10.1. The zero-order valence-electron chi connectivity index (χ0n) is 12.5. The SMILES string of the molecule is CC(C)N(Cc1cccc(F)c1)C(=O)NC1[C@H]2CNC[C@@H]12. The van der Waals surface area contributed by atoms with E-state index < -0.39 is 0 Å². The Hall–Kier alpha value is -1.62. The van der Waals surface area contributed by atoms with Gasteiger partial charge in [-0.2, -0.15) is 0 Å². The van der Waals surface area contributed by atoms with Crippen molar-refractivity contribution >= 4 is 6.03 Å². The molecule has 1 saturated carbocycles. The van der Waals surface area contributed by atoms with Crippen LogP contribution in [0.5, 0.6) is 0 Å². The maximum absolute atomic E-state index is 13.3. The Balaban J connectivity index is 1.62. The third-order valence-corrected chi connectivity index (χ3v) is 4.51. The normalized spacial score (nSPS) is 26.6. The van der Waals surface area contributed by atoms with E-state index in [4.69, 9.17) is 0 Å². The minimum absolute atomic E-state index is 0.0475. The van der Waals surface area contributed by atoms with Crippen LogP contribution in [0.15, 0.2) is 24.3 Å². The van der Waals surface area contributed by atoms with Gasteiger partial charge in [-0.3, -0.25) is 0 Å². The van der Waals surface area contributed by atoms with Gasteiger partial charge in [-0.15, -0.1) is 0 Å². The van der Waals surface area contributed by atoms with Crippen molar-refractivity contribution in [1.82, 2.24) is 15.5 Å². The summed E-state index contributed by atoms with van der Waals surface area (Å²) in [5.74, 6) is 0.925. The van der Waals surface area contributed by atoms with Crippen molar-refractivity contribution in [2.75, 3.05) is 13.1 Å². The maximum Gasteiger partial charge on any atom is 0.318 e. The molecule has 114 valence electrons. The molecule has 21 heavy (non-hydrogen) atoms. The zero-order valence-corrected chi connectivity index (χ0v) is 12.5. The maximum atomic E-state index is 13.3. The molecule has 0 radical (unpaired) electrons. The van der Waals surface area contributed by atoms with Crippen LogP contribution in [0.1, 0.15) is 19.4 Å². The molecule has 3 atom stereocenters. The summed E-state index contributed by atoms with van der Waals surface area (Å²) in [4.78, 5) is 14.2. The van der Waals surface area contributed by atoms with E-state index in [1.807, 2.05) is 19.9 Å². The molecule has 1 aromatic rings. The highest BCUT2D eigenvalue weighted by molar-refractivity contribution is 5.75. The lowest BCUT2D eigenvalue weighted by atomic mass is 10.2. The van der Waals surface area contributed by atoms with Crippen LogP contribution in [-0.4, -0.2) is 36.1 Å². The number of nitrogens with zero attached hydrogens (tertiary/aromatic N) is 1. The average molecular weight is 291 g/mol. The molecule has 1 heterocycles. The number of piperidine rings is 1. The van der Waals surface area contributed by atoms with Crippen molar-refractivity contribution in [3.05, 3.63) is 35.6 Å². The van der Waals surface area contributed by atoms with E-state index in [-0.39, 0.29) is 17.9 Å². The van der Waals surface area contributed by atoms with Crippen LogP contribution in [0.4, 0.5) is 9.18 Å². The quantitative estimate of drug-likeness (QED) is 0.891. The number of rotatable bonds is 4. The molecular weight excluding hydrogens is 269 g/mol. The van der Waals surface area contributed by atoms with Crippen LogP contribution < -0.4 is 10.6 Å². The minimum atomic E-state index is -0.264. The number of carbonyl (C=O) groups is 1. The molecule has 2 N–H and O–H groups in total. The van der Waals surface area contributed by atoms with Crippen molar-refractivity contribution in [1.29, 1.82) is 0 Å². The molecular formula is C16H22FN3O. The summed E-state index contributed by atoms with van der Waals surface area (Å²) in [7, 11) is 0. The van der Waals surface area contributed by atoms with Gasteiger partial charge in [0.15, 0.2) is 0 Å². The summed E-state index contributed by atoms with van der Waals surface area (Å²) in [6.07, 6.45) is 0. The van der Waals surface area contributed by atoms with Gasteiger partial charge in [-0.05, 0) is 43.4 Å². The van der Waals surface area contributed by atoms with Gasteiger partial charge in [0.2, 0.25) is 0 Å². The highest BCUT2D eigenvalue weighted by Gasteiger charge is 2.53. The van der Waals surface area contributed by atoms with Gasteiger partial charge in [-0.25, -0.2) is 9.18 Å². The van der Waals surface area contributed by atoms with Crippen molar-refractivity contribution < 1.29 is 9.18 Å². The van der Waals surface area contributed by atoms with E-state index in [1.165, 1.54) is 12.1 Å². The van der Waals surface area contributed by atoms with Crippen LogP contribution in [0.3, 0.4) is 0 Å². The predicted molar refractivity (Wildman–Crippen MR) is 79.2 cm³/mol. The van der Waals surface area contributed by atoms with Gasteiger partial charge in [0.1, 0.15) is 5.82 Å². The second kappa shape index (κ2) is 5.64. The lowest BCUT2D eigenvalue weighted by Crippen LogP contribution is -2.45. The molecule has 0 bridgehead atoms. The first-order valence-corrected chi connectivity index (χ1v) is 7.58. The topological polar surface area (TPSA) is 44.4 Å². The summed E-state index contributed by atoms with van der Waals surface area (Å²) >= 11 is 0. The number of benzene rings is 1. The van der Waals surface area contributed by atoms with Crippen molar-refractivity contribution in [3.63, 3.8) is 0 Å². The third-order valence-electron chi connectivity index (χ3n) is 4.51. The van der Waals surface area contributed by atoms with Crippen molar-refractivity contribution in [3.8, 4) is 0 Å². The Kier molecular flexibility index (Phi) is 3.85. The molecule has 2 fully saturated rings. The largest absolute Gasteiger partial charge is 0.335 e. The molecule has 1 saturated heterocycles. The summed E-state index contributed by atoms with van der Waals surface area (Å²) in [6.45, 7) is 6.40. The number of halogens is 1. The van der Waals surface area contributed by atoms with E-state index in [0.717, 1.165) is 18.7 Å². The molecule has 5 heteroatoms. The van der Waals surface area contributed by atoms with Crippen LogP contribution in [0, 0.1) is 17.7 Å². The highest BCUT2D eigenvalue weighted by Crippen LogP contribution is 2.41. The summed E-state index contributed by atoms with van der Waals surface area (Å²) in [5, 5.41) is 6.44. The van der Waals surface area contributed by atoms with Gasteiger partial charge in [0.25, 0.3) is 0 Å². The fraction of sp³-hybridized carbons (Fsp3) is 0.562. The first-order valence-electron chi connectivity index (χ1n) is 7.58. The molecule has 1 aromatic carbocycles. The van der Waals surface area contributed by atoms with Crippen LogP contribution in [0.2, 0.25) is 0 Å². The Bertz CT molecular complexity index is 524. The molecule has 0 aromatic heterocycles. The lowest BCUT2D eigenvalue weighted by molar-refractivity contribution is 0.178. The van der Waals surface area contributed by atoms with Gasteiger partial charge in [0, 0.05) is 31.7 Å². The molecule has 3 rings (SSSR count). The van der Waals surface area contributed by atoms with Gasteiger partial charge in [-0.1, -0.05) is 12.1 Å². The van der Waals surface area contributed by atoms with E-state index >= 15 is 0 Å². The standard InChI is InChI=1S/C16H22FN3O/c1-10(2)20(9-11-4-3-5-12(17)6-11)16(21)19-15-13-7-18-8-14(13)15/h3-6,10,13-15,18H,7-9H2,1-2H3,(H,19,21)/t13-,14+,15?. The fourth-order valence-electron chi connectivity index (χ4n) is 3.18. The summed E-state index contributed by atoms with van der Waals surface area (Å²) in [6, 6.07) is 6.77. The zero-order chi connectivity index (χ0) is 15.0. The number of amides is 2. The minimum Gasteiger partial charge on any atom is -0.335 e. The molecule has 2 amide bonds. The van der Waals surface area contributed by atoms with Crippen LogP contribution in [0.25, 0.3) is 0 Å². The number of hydrogen-bond donors (Lipinski definition) is 2. The second-order valence-corrected chi connectivity index (χ2v) is 6.31. The molecule has 0 spiro atoms. The fourth-order valence-corrected chi connectivity index (χ4v) is 3.18. The highest BCUT2D eigenvalue weighted by atomic mass is 19.1. The number of fused-ring (bicyclic) bond motifs is 1. The van der Waals surface area contributed by atoms with E-state index in [1.54, 1.807) is 11.0 Å². The Labute approximate surface area is 124 Å². The molecule has 1 unspecified atom stereocenters. The Morgan fingerprint density at radius 3 is 2.76 bits per heavy atom. The van der Waals surface area contributed by atoms with Crippen LogP contribution in [-0.2, 0) is 6.54 Å². The van der Waals surface area contributed by atoms with E-state index in [0.29, 0.717) is 24.4 Å². The summed E-state index contributed by atoms with van der Waals surface area (Å²) < 4.78 is 13.3. The monoisotopic (exact) mass is 291 g/mol. The van der Waals surface area contributed by atoms with Gasteiger partial charge in [0.05, 0.1) is 0 Å². The molecule has 2 aliphatic rings. The molecule has 1 aliphatic carbocycles. The number of hydrogen-bond acceptors (Lipinski definition) is 2.